The molecule has 1 aromatic carbocycles. The molecule has 1 aliphatic carbocycles. The van der Waals surface area contributed by atoms with Crippen LogP contribution in [0.5, 0.6) is 5.75 Å². The van der Waals surface area contributed by atoms with Crippen LogP contribution in [0.4, 0.5) is 5.69 Å². The standard InChI is InChI=1S/C14H19NO3/c1-15(2)10-6-8-11(9-7-10)18-14(17)12-4-3-5-13(12)16/h6-9,12-13,16H,3-5H2,1-2H3/t12-,13+/m0/s1. The number of esters is 1. The van der Waals surface area contributed by atoms with Crippen molar-refractivity contribution in [2.75, 3.05) is 19.0 Å². The molecular weight excluding hydrogens is 230 g/mol. The van der Waals surface area contributed by atoms with Gasteiger partial charge in [-0.05, 0) is 43.5 Å². The average molecular weight is 249 g/mol. The number of aliphatic hydroxyl groups is 1. The minimum absolute atomic E-state index is 0.322. The number of anilines is 1. The molecule has 1 fully saturated rings. The summed E-state index contributed by atoms with van der Waals surface area (Å²) in [5, 5.41) is 9.65. The molecule has 0 saturated heterocycles. The van der Waals surface area contributed by atoms with E-state index < -0.39 is 6.10 Å². The van der Waals surface area contributed by atoms with Gasteiger partial charge in [0, 0.05) is 19.8 Å². The predicted molar refractivity (Wildman–Crippen MR) is 69.8 cm³/mol. The fraction of sp³-hybridized carbons (Fsp3) is 0.500. The molecule has 0 unspecified atom stereocenters. The molecule has 98 valence electrons. The van der Waals surface area contributed by atoms with E-state index in [1.807, 2.05) is 31.1 Å². The molecule has 0 amide bonds. The van der Waals surface area contributed by atoms with Crippen LogP contribution in [-0.2, 0) is 4.79 Å². The van der Waals surface area contributed by atoms with E-state index in [2.05, 4.69) is 0 Å². The smallest absolute Gasteiger partial charge is 0.316 e. The van der Waals surface area contributed by atoms with Crippen molar-refractivity contribution in [3.8, 4) is 5.75 Å². The second kappa shape index (κ2) is 5.40. The monoisotopic (exact) mass is 249 g/mol. The Bertz CT molecular complexity index is 414. The number of ether oxygens (including phenoxy) is 1. The first kappa shape index (κ1) is 12.9. The number of hydrogen-bond acceptors (Lipinski definition) is 4. The number of nitrogens with zero attached hydrogens (tertiary/aromatic N) is 1. The van der Waals surface area contributed by atoms with E-state index in [4.69, 9.17) is 4.74 Å². The Morgan fingerprint density at radius 2 is 1.94 bits per heavy atom. The summed E-state index contributed by atoms with van der Waals surface area (Å²) in [6.07, 6.45) is 1.76. The highest BCUT2D eigenvalue weighted by Crippen LogP contribution is 2.27. The Kier molecular flexibility index (Phi) is 3.87. The van der Waals surface area contributed by atoms with Gasteiger partial charge in [0.2, 0.25) is 0 Å². The molecule has 1 aliphatic rings. The number of hydrogen-bond donors (Lipinski definition) is 1. The highest BCUT2D eigenvalue weighted by atomic mass is 16.5. The minimum Gasteiger partial charge on any atom is -0.426 e. The molecule has 0 radical (unpaired) electrons. The van der Waals surface area contributed by atoms with Crippen LogP contribution in [0.3, 0.4) is 0 Å². The third-order valence-electron chi connectivity index (χ3n) is 3.35. The first-order valence-corrected chi connectivity index (χ1v) is 6.25. The molecule has 1 N–H and O–H groups in total. The lowest BCUT2D eigenvalue weighted by Gasteiger charge is -2.15. The lowest BCUT2D eigenvalue weighted by molar-refractivity contribution is -0.141. The van der Waals surface area contributed by atoms with Crippen molar-refractivity contribution in [3.05, 3.63) is 24.3 Å². The molecule has 0 bridgehead atoms. The SMILES string of the molecule is CN(C)c1ccc(OC(=O)[C@H]2CCC[C@H]2O)cc1. The van der Waals surface area contributed by atoms with Crippen LogP contribution in [0.1, 0.15) is 19.3 Å². The predicted octanol–water partition coefficient (Wildman–Crippen LogP) is 1.82. The highest BCUT2D eigenvalue weighted by molar-refractivity contribution is 5.76. The van der Waals surface area contributed by atoms with Crippen molar-refractivity contribution < 1.29 is 14.6 Å². The van der Waals surface area contributed by atoms with Gasteiger partial charge in [0.25, 0.3) is 0 Å². The lowest BCUT2D eigenvalue weighted by Crippen LogP contribution is -2.27. The van der Waals surface area contributed by atoms with E-state index in [0.29, 0.717) is 12.2 Å². The second-order valence-corrected chi connectivity index (χ2v) is 4.91. The normalized spacial score (nSPS) is 22.8. The van der Waals surface area contributed by atoms with Gasteiger partial charge in [-0.1, -0.05) is 0 Å². The Hall–Kier alpha value is -1.55. The van der Waals surface area contributed by atoms with Gasteiger partial charge in [0.1, 0.15) is 5.75 Å². The maximum atomic E-state index is 11.9. The summed E-state index contributed by atoms with van der Waals surface area (Å²) in [6, 6.07) is 7.34. The van der Waals surface area contributed by atoms with E-state index in [0.717, 1.165) is 18.5 Å². The topological polar surface area (TPSA) is 49.8 Å². The molecule has 4 heteroatoms. The number of aliphatic hydroxyl groups excluding tert-OH is 1. The Labute approximate surface area is 107 Å². The third-order valence-corrected chi connectivity index (χ3v) is 3.35. The molecule has 1 saturated carbocycles. The molecule has 0 spiro atoms. The molecule has 0 aromatic heterocycles. The molecular formula is C14H19NO3. The van der Waals surface area contributed by atoms with E-state index in [9.17, 15) is 9.90 Å². The van der Waals surface area contributed by atoms with E-state index in [1.165, 1.54) is 0 Å². The number of carbonyl (C=O) groups excluding carboxylic acids is 1. The molecule has 0 heterocycles. The molecule has 2 rings (SSSR count). The van der Waals surface area contributed by atoms with Gasteiger partial charge in [-0.2, -0.15) is 0 Å². The average Bonchev–Trinajstić information content (AvgIpc) is 2.76. The zero-order chi connectivity index (χ0) is 13.1. The second-order valence-electron chi connectivity index (χ2n) is 4.91. The van der Waals surface area contributed by atoms with Crippen LogP contribution < -0.4 is 9.64 Å². The van der Waals surface area contributed by atoms with E-state index in [1.54, 1.807) is 12.1 Å². The Morgan fingerprint density at radius 3 is 2.44 bits per heavy atom. The van der Waals surface area contributed by atoms with Crippen LogP contribution in [0.25, 0.3) is 0 Å². The molecule has 0 aliphatic heterocycles. The zero-order valence-electron chi connectivity index (χ0n) is 10.8. The van der Waals surface area contributed by atoms with Crippen LogP contribution in [-0.4, -0.2) is 31.3 Å². The van der Waals surface area contributed by atoms with Crippen molar-refractivity contribution in [2.24, 2.45) is 5.92 Å². The molecule has 18 heavy (non-hydrogen) atoms. The summed E-state index contributed by atoms with van der Waals surface area (Å²) in [7, 11) is 3.91. The quantitative estimate of drug-likeness (QED) is 0.655. The van der Waals surface area contributed by atoms with Crippen molar-refractivity contribution in [3.63, 3.8) is 0 Å². The van der Waals surface area contributed by atoms with Gasteiger partial charge in [-0.3, -0.25) is 4.79 Å². The van der Waals surface area contributed by atoms with Gasteiger partial charge in [0.05, 0.1) is 12.0 Å². The summed E-state index contributed by atoms with van der Waals surface area (Å²) >= 11 is 0. The first-order chi connectivity index (χ1) is 8.58. The van der Waals surface area contributed by atoms with Crippen LogP contribution in [0, 0.1) is 5.92 Å². The maximum absolute atomic E-state index is 11.9. The largest absolute Gasteiger partial charge is 0.426 e. The van der Waals surface area contributed by atoms with Gasteiger partial charge < -0.3 is 14.7 Å². The lowest BCUT2D eigenvalue weighted by atomic mass is 10.1. The highest BCUT2D eigenvalue weighted by Gasteiger charge is 2.32. The van der Waals surface area contributed by atoms with Crippen LogP contribution in [0.2, 0.25) is 0 Å². The summed E-state index contributed by atoms with van der Waals surface area (Å²) in [5.41, 5.74) is 1.05. The van der Waals surface area contributed by atoms with E-state index >= 15 is 0 Å². The first-order valence-electron chi connectivity index (χ1n) is 6.25. The Balaban J connectivity index is 1.98. The van der Waals surface area contributed by atoms with Gasteiger partial charge in [0.15, 0.2) is 0 Å². The van der Waals surface area contributed by atoms with Crippen LogP contribution in [0.15, 0.2) is 24.3 Å². The summed E-state index contributed by atoms with van der Waals surface area (Å²) in [5.74, 6) is -0.152. The minimum atomic E-state index is -0.543. The number of rotatable bonds is 3. The van der Waals surface area contributed by atoms with E-state index in [-0.39, 0.29) is 11.9 Å². The van der Waals surface area contributed by atoms with Gasteiger partial charge >= 0.3 is 5.97 Å². The molecule has 4 nitrogen and oxygen atoms in total. The molecule has 1 aromatic rings. The van der Waals surface area contributed by atoms with Crippen molar-refractivity contribution in [2.45, 2.75) is 25.4 Å². The summed E-state index contributed by atoms with van der Waals surface area (Å²) in [4.78, 5) is 13.8. The fourth-order valence-corrected chi connectivity index (χ4v) is 2.22. The van der Waals surface area contributed by atoms with Crippen LogP contribution >= 0.6 is 0 Å². The van der Waals surface area contributed by atoms with Gasteiger partial charge in [-0.25, -0.2) is 0 Å². The zero-order valence-corrected chi connectivity index (χ0v) is 10.8. The van der Waals surface area contributed by atoms with Crippen molar-refractivity contribution in [1.29, 1.82) is 0 Å². The fourth-order valence-electron chi connectivity index (χ4n) is 2.22. The third kappa shape index (κ3) is 2.82. The summed E-state index contributed by atoms with van der Waals surface area (Å²) in [6.45, 7) is 0. The van der Waals surface area contributed by atoms with Crippen molar-refractivity contribution in [1.82, 2.24) is 0 Å². The summed E-state index contributed by atoms with van der Waals surface area (Å²) < 4.78 is 5.29. The molecule has 2 atom stereocenters. The Morgan fingerprint density at radius 1 is 1.28 bits per heavy atom. The number of benzene rings is 1. The van der Waals surface area contributed by atoms with Crippen molar-refractivity contribution >= 4 is 11.7 Å². The number of carbonyl (C=O) groups is 1. The maximum Gasteiger partial charge on any atom is 0.316 e. The van der Waals surface area contributed by atoms with Gasteiger partial charge in [-0.15, -0.1) is 0 Å².